The molecule has 0 amide bonds. The van der Waals surface area contributed by atoms with Gasteiger partial charge in [-0.1, -0.05) is 25.8 Å². The summed E-state index contributed by atoms with van der Waals surface area (Å²) in [6.45, 7) is 6.17. The number of aromatic amines is 2. The number of unbranched alkanes of at least 4 members (excludes halogenated alkanes) is 2. The molecule has 0 atom stereocenters. The Labute approximate surface area is 190 Å². The summed E-state index contributed by atoms with van der Waals surface area (Å²) in [5.41, 5.74) is 5.20. The van der Waals surface area contributed by atoms with Gasteiger partial charge in [0.25, 0.3) is 5.56 Å². The van der Waals surface area contributed by atoms with Crippen LogP contribution in [0.5, 0.6) is 0 Å². The summed E-state index contributed by atoms with van der Waals surface area (Å²) in [4.78, 5) is 26.1. The Morgan fingerprint density at radius 1 is 1.09 bits per heavy atom. The lowest BCUT2D eigenvalue weighted by molar-refractivity contribution is 0.707. The number of nitrogens with zero attached hydrogens (tertiary/aromatic N) is 4. The van der Waals surface area contributed by atoms with Gasteiger partial charge in [0.2, 0.25) is 5.69 Å². The van der Waals surface area contributed by atoms with Crippen LogP contribution < -0.4 is 11.2 Å². The van der Waals surface area contributed by atoms with E-state index in [0.717, 1.165) is 46.2 Å². The second kappa shape index (κ2) is 9.25. The lowest BCUT2D eigenvalue weighted by Gasteiger charge is -2.14. The molecular formula is C25H26N6O2. The third-order valence-electron chi connectivity index (χ3n) is 5.97. The fourth-order valence-electron chi connectivity index (χ4n) is 4.19. The van der Waals surface area contributed by atoms with Crippen molar-refractivity contribution in [3.05, 3.63) is 84.8 Å². The number of fused-ring (bicyclic) bond motifs is 1. The fourth-order valence-corrected chi connectivity index (χ4v) is 4.19. The third-order valence-corrected chi connectivity index (χ3v) is 5.97. The highest BCUT2D eigenvalue weighted by Gasteiger charge is 2.13. The molecular weight excluding hydrogens is 416 g/mol. The molecule has 0 saturated heterocycles. The Hall–Kier alpha value is -3.99. The first kappa shape index (κ1) is 22.2. The number of hydrogen-bond donors (Lipinski definition) is 2. The van der Waals surface area contributed by atoms with Crippen molar-refractivity contribution in [2.24, 2.45) is 0 Å². The van der Waals surface area contributed by atoms with Crippen LogP contribution in [-0.4, -0.2) is 25.0 Å². The van der Waals surface area contributed by atoms with Gasteiger partial charge in [0.05, 0.1) is 11.2 Å². The van der Waals surface area contributed by atoms with Crippen LogP contribution in [0.2, 0.25) is 0 Å². The molecule has 0 bridgehead atoms. The zero-order valence-corrected chi connectivity index (χ0v) is 19.0. The van der Waals surface area contributed by atoms with Crippen molar-refractivity contribution in [1.82, 2.24) is 25.0 Å². The molecule has 168 valence electrons. The Kier molecular flexibility index (Phi) is 6.22. The summed E-state index contributed by atoms with van der Waals surface area (Å²) in [7, 11) is 0. The van der Waals surface area contributed by atoms with Crippen LogP contribution in [0.1, 0.15) is 59.8 Å². The monoisotopic (exact) mass is 442 g/mol. The average molecular weight is 443 g/mol. The molecule has 2 heterocycles. The number of rotatable bonds is 7. The molecule has 0 aliphatic rings. The van der Waals surface area contributed by atoms with Crippen LogP contribution >= 0.6 is 0 Å². The average Bonchev–Trinajstić information content (AvgIpc) is 3.19. The molecule has 8 nitrogen and oxygen atoms in total. The normalized spacial score (nSPS) is 11.1. The van der Waals surface area contributed by atoms with Crippen LogP contribution in [0.4, 0.5) is 0 Å². The number of benzene rings is 2. The molecule has 2 aromatic carbocycles. The number of nitrogens with one attached hydrogen (secondary N) is 2. The van der Waals surface area contributed by atoms with Crippen molar-refractivity contribution in [2.75, 3.05) is 0 Å². The van der Waals surface area contributed by atoms with Crippen molar-refractivity contribution in [1.29, 1.82) is 5.26 Å². The summed E-state index contributed by atoms with van der Waals surface area (Å²) in [5, 5.41) is 21.8. The Morgan fingerprint density at radius 2 is 1.85 bits per heavy atom. The number of aromatic nitrogens is 5. The summed E-state index contributed by atoms with van der Waals surface area (Å²) >= 11 is 0. The van der Waals surface area contributed by atoms with E-state index in [1.54, 1.807) is 6.07 Å². The molecule has 33 heavy (non-hydrogen) atoms. The van der Waals surface area contributed by atoms with Crippen molar-refractivity contribution >= 4 is 10.9 Å². The van der Waals surface area contributed by atoms with E-state index in [0.29, 0.717) is 5.69 Å². The topological polar surface area (TPSA) is 120 Å². The predicted octanol–water partition coefficient (Wildman–Crippen LogP) is 3.61. The molecule has 0 fully saturated rings. The molecule has 0 radical (unpaired) electrons. The van der Waals surface area contributed by atoms with Crippen LogP contribution in [-0.2, 0) is 12.8 Å². The van der Waals surface area contributed by atoms with Crippen molar-refractivity contribution in [2.45, 2.75) is 52.9 Å². The second-order valence-corrected chi connectivity index (χ2v) is 8.38. The number of hydrogen-bond acceptors (Lipinski definition) is 5. The Morgan fingerprint density at radius 3 is 2.55 bits per heavy atom. The number of H-pyrrole nitrogens is 2. The summed E-state index contributed by atoms with van der Waals surface area (Å²) < 4.78 is 1.06. The van der Waals surface area contributed by atoms with E-state index in [-0.39, 0.29) is 5.69 Å². The van der Waals surface area contributed by atoms with Crippen LogP contribution in [0.25, 0.3) is 16.6 Å². The van der Waals surface area contributed by atoms with E-state index in [9.17, 15) is 9.59 Å². The molecule has 2 aromatic heterocycles. The lowest BCUT2D eigenvalue weighted by atomic mass is 9.94. The van der Waals surface area contributed by atoms with E-state index >= 15 is 0 Å². The Balaban J connectivity index is 1.67. The SMILES string of the molecule is CCCCCc1[nH]nc2ccc(Cc3c(C)cc(-n4nc(C#N)c(=O)[nH]c4=O)cc3C)cc12. The zero-order chi connectivity index (χ0) is 23.5. The molecule has 0 aliphatic heterocycles. The smallest absolute Gasteiger partial charge is 0.281 e. The maximum Gasteiger partial charge on any atom is 0.349 e. The van der Waals surface area contributed by atoms with Gasteiger partial charge in [-0.05, 0) is 79.6 Å². The van der Waals surface area contributed by atoms with E-state index < -0.39 is 11.2 Å². The lowest BCUT2D eigenvalue weighted by Crippen LogP contribution is -2.33. The highest BCUT2D eigenvalue weighted by Crippen LogP contribution is 2.25. The van der Waals surface area contributed by atoms with Crippen molar-refractivity contribution in [3.8, 4) is 11.8 Å². The van der Waals surface area contributed by atoms with Crippen LogP contribution in [0.3, 0.4) is 0 Å². The van der Waals surface area contributed by atoms with Gasteiger partial charge in [-0.25, -0.2) is 4.79 Å². The van der Waals surface area contributed by atoms with Crippen LogP contribution in [0.15, 0.2) is 39.9 Å². The standard InChI is InChI=1S/C25H26N6O2/c1-4-5-6-7-21-20-13-17(8-9-22(20)29-28-21)12-19-15(2)10-18(11-16(19)3)31-25(33)27-24(32)23(14-26)30-31/h8-11,13H,4-7,12H2,1-3H3,(H,28,29)(H,27,32,33). The van der Waals surface area contributed by atoms with Crippen molar-refractivity contribution < 1.29 is 0 Å². The second-order valence-electron chi connectivity index (χ2n) is 8.38. The minimum atomic E-state index is -0.785. The third kappa shape index (κ3) is 4.48. The highest BCUT2D eigenvalue weighted by molar-refractivity contribution is 5.82. The van der Waals surface area contributed by atoms with Crippen molar-refractivity contribution in [3.63, 3.8) is 0 Å². The molecule has 0 aliphatic carbocycles. The van der Waals surface area contributed by atoms with Gasteiger partial charge in [-0.2, -0.15) is 15.0 Å². The van der Waals surface area contributed by atoms with E-state index in [4.69, 9.17) is 5.26 Å². The maximum atomic E-state index is 12.3. The minimum Gasteiger partial charge on any atom is -0.281 e. The predicted molar refractivity (Wildman–Crippen MR) is 127 cm³/mol. The van der Waals surface area contributed by atoms with Gasteiger partial charge in [-0.3, -0.25) is 14.9 Å². The number of nitriles is 1. The van der Waals surface area contributed by atoms with E-state index in [2.05, 4.69) is 45.4 Å². The highest BCUT2D eigenvalue weighted by atomic mass is 16.2. The Bertz CT molecular complexity index is 1460. The zero-order valence-electron chi connectivity index (χ0n) is 19.0. The molecule has 8 heteroatoms. The molecule has 0 spiro atoms. The van der Waals surface area contributed by atoms with Gasteiger partial charge in [-0.15, -0.1) is 5.10 Å². The fraction of sp³-hybridized carbons (Fsp3) is 0.320. The molecule has 0 unspecified atom stereocenters. The van der Waals surface area contributed by atoms with Gasteiger partial charge < -0.3 is 0 Å². The van der Waals surface area contributed by atoms with Gasteiger partial charge in [0.1, 0.15) is 6.07 Å². The largest absolute Gasteiger partial charge is 0.349 e. The first-order valence-electron chi connectivity index (χ1n) is 11.1. The van der Waals surface area contributed by atoms with E-state index in [1.165, 1.54) is 29.5 Å². The first-order valence-corrected chi connectivity index (χ1v) is 11.1. The first-order chi connectivity index (χ1) is 15.9. The summed E-state index contributed by atoms with van der Waals surface area (Å²) in [5.74, 6) is 0. The maximum absolute atomic E-state index is 12.3. The number of aryl methyl sites for hydroxylation is 3. The summed E-state index contributed by atoms with van der Waals surface area (Å²) in [6, 6.07) is 11.8. The molecule has 4 rings (SSSR count). The van der Waals surface area contributed by atoms with Gasteiger partial charge in [0, 0.05) is 11.1 Å². The summed E-state index contributed by atoms with van der Waals surface area (Å²) in [6.07, 6.45) is 5.26. The van der Waals surface area contributed by atoms with E-state index in [1.807, 2.05) is 26.0 Å². The van der Waals surface area contributed by atoms with Gasteiger partial charge in [0.15, 0.2) is 0 Å². The van der Waals surface area contributed by atoms with Crippen LogP contribution in [0, 0.1) is 25.2 Å². The molecule has 4 aromatic rings. The van der Waals surface area contributed by atoms with Gasteiger partial charge >= 0.3 is 5.69 Å². The minimum absolute atomic E-state index is 0.350. The molecule has 0 saturated carbocycles. The molecule has 2 N–H and O–H groups in total. The quantitative estimate of drug-likeness (QED) is 0.424.